The molecule has 2 aromatic carbocycles. The highest BCUT2D eigenvalue weighted by Crippen LogP contribution is 2.30. The van der Waals surface area contributed by atoms with Crippen molar-refractivity contribution in [2.45, 2.75) is 42.9 Å². The third-order valence-corrected chi connectivity index (χ3v) is 5.40. The molecule has 0 aliphatic rings. The summed E-state index contributed by atoms with van der Waals surface area (Å²) in [5.74, 6) is 0.176. The Bertz CT molecular complexity index is 700. The Morgan fingerprint density at radius 1 is 0.900 bits per heavy atom. The van der Waals surface area contributed by atoms with E-state index in [-0.39, 0.29) is 5.92 Å². The summed E-state index contributed by atoms with van der Waals surface area (Å²) in [5.41, 5.74) is 1.74. The lowest BCUT2D eigenvalue weighted by atomic mass is 10.0. The molecule has 0 radical (unpaired) electrons. The van der Waals surface area contributed by atoms with Gasteiger partial charge in [0, 0.05) is 0 Å². The molecule has 3 heteroatoms. The van der Waals surface area contributed by atoms with Crippen LogP contribution in [0.15, 0.2) is 58.3 Å². The second-order valence-corrected chi connectivity index (χ2v) is 7.04. The second-order valence-electron chi connectivity index (χ2n) is 5.16. The molecule has 106 valence electrons. The number of hydrogen-bond donors (Lipinski definition) is 0. The zero-order chi connectivity index (χ0) is 14.8. The van der Waals surface area contributed by atoms with Crippen molar-refractivity contribution in [3.8, 4) is 0 Å². The third kappa shape index (κ3) is 2.63. The first-order valence-corrected chi connectivity index (χ1v) is 8.38. The van der Waals surface area contributed by atoms with Gasteiger partial charge < -0.3 is 0 Å². The maximum absolute atomic E-state index is 12.9. The van der Waals surface area contributed by atoms with Crippen molar-refractivity contribution in [1.29, 1.82) is 0 Å². The summed E-state index contributed by atoms with van der Waals surface area (Å²) in [5, 5.41) is 0. The highest BCUT2D eigenvalue weighted by Gasteiger charge is 2.23. The van der Waals surface area contributed by atoms with Gasteiger partial charge in [0.05, 0.1) is 9.79 Å². The average Bonchev–Trinajstić information content (AvgIpc) is 2.47. The normalized spacial score (nSPS) is 11.8. The smallest absolute Gasteiger partial charge is 0.207 e. The minimum Gasteiger partial charge on any atom is -0.218 e. The van der Waals surface area contributed by atoms with Crippen LogP contribution in [-0.4, -0.2) is 8.42 Å². The molecule has 2 nitrogen and oxygen atoms in total. The molecule has 0 saturated carbocycles. The standard InChI is InChI=1S/C17H20O2S/c1-4-14-9-5-7-11-16(14)20(18,19)17-12-8-6-10-15(17)13(2)3/h5-13H,4H2,1-3H3. The van der Waals surface area contributed by atoms with Gasteiger partial charge in [-0.2, -0.15) is 0 Å². The maximum atomic E-state index is 12.9. The van der Waals surface area contributed by atoms with E-state index in [2.05, 4.69) is 0 Å². The Morgan fingerprint density at radius 2 is 1.45 bits per heavy atom. The highest BCUT2D eigenvalue weighted by atomic mass is 32.2. The van der Waals surface area contributed by atoms with Crippen molar-refractivity contribution in [2.75, 3.05) is 0 Å². The third-order valence-electron chi connectivity index (χ3n) is 3.47. The SMILES string of the molecule is CCc1ccccc1S(=O)(=O)c1ccccc1C(C)C. The molecule has 0 bridgehead atoms. The summed E-state index contributed by atoms with van der Waals surface area (Å²) in [6.45, 7) is 6.00. The van der Waals surface area contributed by atoms with Crippen molar-refractivity contribution >= 4 is 9.84 Å². The van der Waals surface area contributed by atoms with Crippen molar-refractivity contribution in [2.24, 2.45) is 0 Å². The largest absolute Gasteiger partial charge is 0.218 e. The maximum Gasteiger partial charge on any atom is 0.207 e. The summed E-state index contributed by atoms with van der Waals surface area (Å²) < 4.78 is 25.9. The molecule has 2 aromatic rings. The van der Waals surface area contributed by atoms with Gasteiger partial charge in [0.15, 0.2) is 0 Å². The number of hydrogen-bond acceptors (Lipinski definition) is 2. The Balaban J connectivity index is 2.68. The summed E-state index contributed by atoms with van der Waals surface area (Å²) >= 11 is 0. The van der Waals surface area contributed by atoms with E-state index in [9.17, 15) is 8.42 Å². The quantitative estimate of drug-likeness (QED) is 0.844. The van der Waals surface area contributed by atoms with Gasteiger partial charge in [-0.05, 0) is 35.6 Å². The van der Waals surface area contributed by atoms with Gasteiger partial charge in [0.2, 0.25) is 9.84 Å². The zero-order valence-electron chi connectivity index (χ0n) is 12.1. The topological polar surface area (TPSA) is 34.1 Å². The minimum absolute atomic E-state index is 0.176. The molecule has 0 unspecified atom stereocenters. The van der Waals surface area contributed by atoms with Crippen molar-refractivity contribution < 1.29 is 8.42 Å². The van der Waals surface area contributed by atoms with E-state index in [0.717, 1.165) is 11.1 Å². The van der Waals surface area contributed by atoms with E-state index in [4.69, 9.17) is 0 Å². The highest BCUT2D eigenvalue weighted by molar-refractivity contribution is 7.91. The number of benzene rings is 2. The van der Waals surface area contributed by atoms with Gasteiger partial charge in [0.25, 0.3) is 0 Å². The van der Waals surface area contributed by atoms with Crippen LogP contribution in [0.1, 0.15) is 37.8 Å². The summed E-state index contributed by atoms with van der Waals surface area (Å²) in [6.07, 6.45) is 0.708. The Morgan fingerprint density at radius 3 is 2.05 bits per heavy atom. The van der Waals surface area contributed by atoms with E-state index in [1.54, 1.807) is 24.3 Å². The molecule has 0 aliphatic heterocycles. The zero-order valence-corrected chi connectivity index (χ0v) is 12.9. The summed E-state index contributed by atoms with van der Waals surface area (Å²) in [6, 6.07) is 14.5. The predicted octanol–water partition coefficient (Wildman–Crippen LogP) is 4.21. The van der Waals surface area contributed by atoms with Gasteiger partial charge >= 0.3 is 0 Å². The summed E-state index contributed by atoms with van der Waals surface area (Å²) in [4.78, 5) is 0.853. The fourth-order valence-electron chi connectivity index (χ4n) is 2.38. The van der Waals surface area contributed by atoms with E-state index in [1.807, 2.05) is 45.0 Å². The van der Waals surface area contributed by atoms with Crippen LogP contribution in [0.3, 0.4) is 0 Å². The molecule has 0 saturated heterocycles. The van der Waals surface area contributed by atoms with Crippen molar-refractivity contribution in [1.82, 2.24) is 0 Å². The van der Waals surface area contributed by atoms with Crippen LogP contribution < -0.4 is 0 Å². The van der Waals surface area contributed by atoms with Crippen LogP contribution in [0.2, 0.25) is 0 Å². The summed E-state index contributed by atoms with van der Waals surface area (Å²) in [7, 11) is -3.46. The second kappa shape index (κ2) is 5.80. The van der Waals surface area contributed by atoms with Crippen LogP contribution in [-0.2, 0) is 16.3 Å². The predicted molar refractivity (Wildman–Crippen MR) is 81.8 cm³/mol. The Hall–Kier alpha value is -1.61. The molecule has 0 aliphatic carbocycles. The van der Waals surface area contributed by atoms with Crippen molar-refractivity contribution in [3.63, 3.8) is 0 Å². The first-order valence-electron chi connectivity index (χ1n) is 6.90. The molecule has 0 aromatic heterocycles. The number of rotatable bonds is 4. The van der Waals surface area contributed by atoms with Gasteiger partial charge in [0.1, 0.15) is 0 Å². The van der Waals surface area contributed by atoms with E-state index >= 15 is 0 Å². The molecule has 0 atom stereocenters. The van der Waals surface area contributed by atoms with Crippen LogP contribution in [0.25, 0.3) is 0 Å². The van der Waals surface area contributed by atoms with Gasteiger partial charge in [-0.1, -0.05) is 57.2 Å². The lowest BCUT2D eigenvalue weighted by Gasteiger charge is -2.15. The van der Waals surface area contributed by atoms with E-state index in [0.29, 0.717) is 16.2 Å². The first kappa shape index (κ1) is 14.8. The van der Waals surface area contributed by atoms with Crippen LogP contribution in [0.4, 0.5) is 0 Å². The number of aryl methyl sites for hydroxylation is 1. The first-order chi connectivity index (χ1) is 9.48. The van der Waals surface area contributed by atoms with E-state index in [1.165, 1.54) is 0 Å². The molecular formula is C17H20O2S. The van der Waals surface area contributed by atoms with Crippen molar-refractivity contribution in [3.05, 3.63) is 59.7 Å². The molecule has 0 spiro atoms. The minimum atomic E-state index is -3.46. The van der Waals surface area contributed by atoms with Crippen LogP contribution in [0, 0.1) is 0 Å². The molecule has 2 rings (SSSR count). The molecule has 0 amide bonds. The lowest BCUT2D eigenvalue weighted by Crippen LogP contribution is -2.09. The Kier molecular flexibility index (Phi) is 4.29. The number of sulfone groups is 1. The fraction of sp³-hybridized carbons (Fsp3) is 0.294. The molecule has 0 fully saturated rings. The van der Waals surface area contributed by atoms with Crippen LogP contribution in [0.5, 0.6) is 0 Å². The van der Waals surface area contributed by atoms with E-state index < -0.39 is 9.84 Å². The lowest BCUT2D eigenvalue weighted by molar-refractivity contribution is 0.592. The monoisotopic (exact) mass is 288 g/mol. The molecular weight excluding hydrogens is 268 g/mol. The average molecular weight is 288 g/mol. The van der Waals surface area contributed by atoms with Crippen LogP contribution >= 0.6 is 0 Å². The molecule has 0 heterocycles. The van der Waals surface area contributed by atoms with Gasteiger partial charge in [-0.3, -0.25) is 0 Å². The van der Waals surface area contributed by atoms with Gasteiger partial charge in [-0.25, -0.2) is 8.42 Å². The Labute approximate surface area is 121 Å². The molecule has 0 N–H and O–H groups in total. The van der Waals surface area contributed by atoms with Gasteiger partial charge in [-0.15, -0.1) is 0 Å². The fourth-order valence-corrected chi connectivity index (χ4v) is 4.30. The molecule has 20 heavy (non-hydrogen) atoms.